The lowest BCUT2D eigenvalue weighted by Crippen LogP contribution is -2.47. The second-order valence-electron chi connectivity index (χ2n) is 8.48. The van der Waals surface area contributed by atoms with Crippen molar-refractivity contribution in [3.63, 3.8) is 0 Å². The maximum atomic E-state index is 13.0. The molecule has 1 aromatic heterocycles. The number of amides is 1. The van der Waals surface area contributed by atoms with Gasteiger partial charge in [0.1, 0.15) is 0 Å². The van der Waals surface area contributed by atoms with Gasteiger partial charge in [-0.05, 0) is 49.4 Å². The number of anilines is 1. The van der Waals surface area contributed by atoms with Crippen LogP contribution in [-0.2, 0) is 11.8 Å². The highest BCUT2D eigenvalue weighted by molar-refractivity contribution is 5.94. The van der Waals surface area contributed by atoms with Crippen LogP contribution in [-0.4, -0.2) is 40.9 Å². The minimum absolute atomic E-state index is 0.0392. The van der Waals surface area contributed by atoms with E-state index >= 15 is 0 Å². The maximum Gasteiger partial charge on any atom is 0.253 e. The molecule has 0 radical (unpaired) electrons. The Morgan fingerprint density at radius 3 is 2.67 bits per heavy atom. The fourth-order valence-electron chi connectivity index (χ4n) is 5.05. The van der Waals surface area contributed by atoms with E-state index < -0.39 is 0 Å². The van der Waals surface area contributed by atoms with Crippen LogP contribution in [0.1, 0.15) is 39.9 Å². The van der Waals surface area contributed by atoms with E-state index in [1.807, 2.05) is 49.3 Å². The van der Waals surface area contributed by atoms with E-state index in [1.165, 1.54) is 16.7 Å². The summed E-state index contributed by atoms with van der Waals surface area (Å²) in [5.74, 6) is 0.790. The van der Waals surface area contributed by atoms with E-state index in [0.717, 1.165) is 49.2 Å². The van der Waals surface area contributed by atoms with Crippen LogP contribution < -0.4 is 5.32 Å². The number of hydrogen-bond donors (Lipinski definition) is 1. The highest BCUT2D eigenvalue weighted by atomic mass is 16.2. The third kappa shape index (κ3) is 3.05. The summed E-state index contributed by atoms with van der Waals surface area (Å²) in [5, 5.41) is 3.05. The van der Waals surface area contributed by atoms with E-state index in [2.05, 4.69) is 34.6 Å². The molecule has 1 spiro atoms. The highest BCUT2D eigenvalue weighted by Crippen LogP contribution is 2.48. The number of nitrogens with one attached hydrogen (secondary N) is 1. The Balaban J connectivity index is 1.44. The van der Waals surface area contributed by atoms with Gasteiger partial charge in [0.15, 0.2) is 0 Å². The van der Waals surface area contributed by atoms with Crippen LogP contribution in [0.2, 0.25) is 0 Å². The Morgan fingerprint density at radius 2 is 1.90 bits per heavy atom. The van der Waals surface area contributed by atoms with Gasteiger partial charge in [0, 0.05) is 42.9 Å². The summed E-state index contributed by atoms with van der Waals surface area (Å²) >= 11 is 0. The minimum atomic E-state index is 0.0392. The van der Waals surface area contributed by atoms with Crippen molar-refractivity contribution >= 4 is 11.9 Å². The number of piperidine rings is 1. The highest BCUT2D eigenvalue weighted by Gasteiger charge is 2.42. The van der Waals surface area contributed by atoms with E-state index in [4.69, 9.17) is 4.98 Å². The summed E-state index contributed by atoms with van der Waals surface area (Å²) in [6.07, 6.45) is 4.80. The molecule has 3 aromatic rings. The van der Waals surface area contributed by atoms with Crippen molar-refractivity contribution in [3.05, 3.63) is 77.0 Å². The summed E-state index contributed by atoms with van der Waals surface area (Å²) in [7, 11) is 1.85. The Morgan fingerprint density at radius 1 is 1.10 bits per heavy atom. The monoisotopic (exact) mass is 398 g/mol. The van der Waals surface area contributed by atoms with Gasteiger partial charge in [-0.15, -0.1) is 0 Å². The zero-order valence-corrected chi connectivity index (χ0v) is 17.5. The molecule has 2 aromatic carbocycles. The van der Waals surface area contributed by atoms with Crippen molar-refractivity contribution in [2.75, 3.05) is 25.5 Å². The average Bonchev–Trinajstić information content (AvgIpc) is 2.79. The molecule has 2 heterocycles. The normalized spacial score (nSPS) is 16.7. The summed E-state index contributed by atoms with van der Waals surface area (Å²) in [5.41, 5.74) is 6.75. The van der Waals surface area contributed by atoms with Crippen LogP contribution in [0.4, 0.5) is 5.95 Å². The van der Waals surface area contributed by atoms with Crippen molar-refractivity contribution in [2.24, 2.45) is 0 Å². The second-order valence-corrected chi connectivity index (χ2v) is 8.48. The topological polar surface area (TPSA) is 58.1 Å². The van der Waals surface area contributed by atoms with Crippen LogP contribution in [0.15, 0.2) is 54.7 Å². The molecule has 1 aliphatic heterocycles. The fourth-order valence-corrected chi connectivity index (χ4v) is 5.05. The lowest BCUT2D eigenvalue weighted by Gasteiger charge is -2.45. The quantitative estimate of drug-likeness (QED) is 0.702. The lowest BCUT2D eigenvalue weighted by molar-refractivity contribution is 0.0664. The standard InChI is InChI=1S/C25H26N4O/c1-17-6-5-7-18(14-17)23(30)29-12-10-25(11-13-29)15-19-16-27-24(26-2)28-22(19)20-8-3-4-9-21(20)25/h3-9,14,16H,10-13,15H2,1-2H3,(H,26,27,28). The molecular weight excluding hydrogens is 372 g/mol. The molecule has 5 heteroatoms. The van der Waals surface area contributed by atoms with Gasteiger partial charge < -0.3 is 10.2 Å². The first-order valence-corrected chi connectivity index (χ1v) is 10.6. The molecule has 1 amide bonds. The largest absolute Gasteiger partial charge is 0.357 e. The molecule has 0 atom stereocenters. The van der Waals surface area contributed by atoms with Crippen molar-refractivity contribution in [2.45, 2.75) is 31.6 Å². The SMILES string of the molecule is CNc1ncc2c(n1)-c1ccccc1C1(CCN(C(=O)c3cccc(C)c3)CC1)C2. The molecule has 1 N–H and O–H groups in total. The minimum Gasteiger partial charge on any atom is -0.357 e. The first-order valence-electron chi connectivity index (χ1n) is 10.6. The number of carbonyl (C=O) groups excluding carboxylic acids is 1. The molecular formula is C25H26N4O. The van der Waals surface area contributed by atoms with E-state index in [0.29, 0.717) is 5.95 Å². The molecule has 30 heavy (non-hydrogen) atoms. The number of carbonyl (C=O) groups is 1. The van der Waals surface area contributed by atoms with Gasteiger partial charge in [0.2, 0.25) is 5.95 Å². The zero-order valence-electron chi connectivity index (χ0n) is 17.5. The van der Waals surface area contributed by atoms with E-state index in [-0.39, 0.29) is 11.3 Å². The molecule has 152 valence electrons. The molecule has 1 aliphatic carbocycles. The van der Waals surface area contributed by atoms with Crippen LogP contribution in [0.3, 0.4) is 0 Å². The van der Waals surface area contributed by atoms with E-state index in [9.17, 15) is 4.79 Å². The number of aryl methyl sites for hydroxylation is 1. The molecule has 5 rings (SSSR count). The van der Waals surface area contributed by atoms with Gasteiger partial charge in [0.25, 0.3) is 5.91 Å². The smallest absolute Gasteiger partial charge is 0.253 e. The molecule has 2 aliphatic rings. The van der Waals surface area contributed by atoms with Crippen LogP contribution in [0, 0.1) is 6.92 Å². The number of hydrogen-bond acceptors (Lipinski definition) is 4. The Hall–Kier alpha value is -3.21. The maximum absolute atomic E-state index is 13.0. The Labute approximate surface area is 177 Å². The number of benzene rings is 2. The Bertz CT molecular complexity index is 1120. The van der Waals surface area contributed by atoms with Crippen molar-refractivity contribution < 1.29 is 4.79 Å². The molecule has 5 nitrogen and oxygen atoms in total. The summed E-state index contributed by atoms with van der Waals surface area (Å²) in [6, 6.07) is 16.5. The van der Waals surface area contributed by atoms with Gasteiger partial charge in [-0.25, -0.2) is 9.97 Å². The van der Waals surface area contributed by atoms with Crippen molar-refractivity contribution in [1.29, 1.82) is 0 Å². The first kappa shape index (κ1) is 18.8. The van der Waals surface area contributed by atoms with Crippen LogP contribution in [0.5, 0.6) is 0 Å². The molecule has 1 saturated heterocycles. The zero-order chi connectivity index (χ0) is 20.7. The summed E-state index contributed by atoms with van der Waals surface area (Å²) in [4.78, 5) is 24.3. The van der Waals surface area contributed by atoms with Crippen LogP contribution in [0.25, 0.3) is 11.3 Å². The number of rotatable bonds is 2. The number of aromatic nitrogens is 2. The van der Waals surface area contributed by atoms with Gasteiger partial charge in [-0.1, -0.05) is 42.0 Å². The first-order chi connectivity index (χ1) is 14.6. The fraction of sp³-hybridized carbons (Fsp3) is 0.320. The molecule has 0 saturated carbocycles. The summed E-state index contributed by atoms with van der Waals surface area (Å²) in [6.45, 7) is 3.57. The number of fused-ring (bicyclic) bond motifs is 4. The summed E-state index contributed by atoms with van der Waals surface area (Å²) < 4.78 is 0. The third-order valence-electron chi connectivity index (χ3n) is 6.64. The van der Waals surface area contributed by atoms with Gasteiger partial charge in [0.05, 0.1) is 5.69 Å². The number of likely N-dealkylation sites (tertiary alicyclic amines) is 1. The lowest BCUT2D eigenvalue weighted by atomic mass is 9.64. The average molecular weight is 399 g/mol. The second kappa shape index (κ2) is 7.24. The van der Waals surface area contributed by atoms with Gasteiger partial charge >= 0.3 is 0 Å². The molecule has 0 unspecified atom stereocenters. The predicted octanol–water partition coefficient (Wildman–Crippen LogP) is 4.22. The van der Waals surface area contributed by atoms with Gasteiger partial charge in [-0.3, -0.25) is 4.79 Å². The van der Waals surface area contributed by atoms with Crippen molar-refractivity contribution in [1.82, 2.24) is 14.9 Å². The van der Waals surface area contributed by atoms with E-state index in [1.54, 1.807) is 0 Å². The third-order valence-corrected chi connectivity index (χ3v) is 6.64. The van der Waals surface area contributed by atoms with Crippen molar-refractivity contribution in [3.8, 4) is 11.3 Å². The molecule has 0 bridgehead atoms. The van der Waals surface area contributed by atoms with Crippen LogP contribution >= 0.6 is 0 Å². The molecule has 1 fully saturated rings. The number of nitrogens with zero attached hydrogens (tertiary/aromatic N) is 3. The Kier molecular flexibility index (Phi) is 4.54. The predicted molar refractivity (Wildman–Crippen MR) is 119 cm³/mol. The van der Waals surface area contributed by atoms with Gasteiger partial charge in [-0.2, -0.15) is 0 Å².